The topological polar surface area (TPSA) is 23.6 Å². The Labute approximate surface area is 99.3 Å². The molecule has 0 spiro atoms. The van der Waals surface area contributed by atoms with Crippen molar-refractivity contribution in [1.82, 2.24) is 8.01 Å². The van der Waals surface area contributed by atoms with E-state index in [0.717, 1.165) is 39.0 Å². The van der Waals surface area contributed by atoms with Crippen molar-refractivity contribution in [2.24, 2.45) is 5.92 Å². The Hall–Kier alpha value is 0.160. The van der Waals surface area contributed by atoms with Crippen LogP contribution in [0.3, 0.4) is 0 Å². The molecule has 0 unspecified atom stereocenters. The highest BCUT2D eigenvalue weighted by atomic mass is 127. The zero-order valence-corrected chi connectivity index (χ0v) is 10.6. The first-order chi connectivity index (χ1) is 6.77. The lowest BCUT2D eigenvalue weighted by molar-refractivity contribution is -0.135. The highest BCUT2D eigenvalue weighted by Gasteiger charge is 2.28. The zero-order valence-electron chi connectivity index (χ0n) is 8.41. The average Bonchev–Trinajstić information content (AvgIpc) is 2.71. The van der Waals surface area contributed by atoms with E-state index >= 15 is 0 Å². The monoisotopic (exact) mass is 308 g/mol. The molecular weight excluding hydrogens is 291 g/mol. The van der Waals surface area contributed by atoms with E-state index in [1.807, 2.05) is 0 Å². The van der Waals surface area contributed by atoms with Crippen LogP contribution in [0.1, 0.15) is 25.7 Å². The van der Waals surface area contributed by atoms with Crippen LogP contribution in [0.25, 0.3) is 0 Å². The number of nitrogens with zero attached hydrogens (tertiary/aromatic N) is 2. The molecule has 4 heteroatoms. The fraction of sp³-hybridized carbons (Fsp3) is 0.900. The van der Waals surface area contributed by atoms with Crippen molar-refractivity contribution in [1.29, 1.82) is 0 Å². The van der Waals surface area contributed by atoms with Crippen LogP contribution in [0.2, 0.25) is 0 Å². The predicted octanol–water partition coefficient (Wildman–Crippen LogP) is 1.67. The summed E-state index contributed by atoms with van der Waals surface area (Å²) in [5, 5.41) is 0. The van der Waals surface area contributed by atoms with Gasteiger partial charge in [0.2, 0.25) is 5.91 Å². The number of carbonyl (C=O) groups is 1. The lowest BCUT2D eigenvalue weighted by Gasteiger charge is -2.29. The minimum atomic E-state index is 0.319. The molecule has 0 aromatic carbocycles. The van der Waals surface area contributed by atoms with Crippen LogP contribution in [0.5, 0.6) is 0 Å². The first kappa shape index (κ1) is 10.7. The summed E-state index contributed by atoms with van der Waals surface area (Å²) in [4.78, 5) is 14.1. The molecule has 2 saturated heterocycles. The minimum Gasteiger partial charge on any atom is -0.342 e. The SMILES string of the molecule is O=C(C1CCN(I)CC1)N1CCCC1. The number of hydrogen-bond donors (Lipinski definition) is 0. The van der Waals surface area contributed by atoms with Crippen LogP contribution in [0.15, 0.2) is 0 Å². The Morgan fingerprint density at radius 2 is 1.64 bits per heavy atom. The predicted molar refractivity (Wildman–Crippen MR) is 64.1 cm³/mol. The van der Waals surface area contributed by atoms with Crippen molar-refractivity contribution in [3.63, 3.8) is 0 Å². The molecule has 2 fully saturated rings. The summed E-state index contributed by atoms with van der Waals surface area (Å²) in [6.45, 7) is 4.15. The zero-order chi connectivity index (χ0) is 9.97. The van der Waals surface area contributed by atoms with Gasteiger partial charge >= 0.3 is 0 Å². The molecule has 0 aromatic heterocycles. The first-order valence-corrected chi connectivity index (χ1v) is 6.43. The highest BCUT2D eigenvalue weighted by Crippen LogP contribution is 2.23. The molecule has 0 saturated carbocycles. The second kappa shape index (κ2) is 4.79. The Morgan fingerprint density at radius 3 is 2.21 bits per heavy atom. The van der Waals surface area contributed by atoms with Crippen LogP contribution in [0.4, 0.5) is 0 Å². The summed E-state index contributed by atoms with van der Waals surface area (Å²) < 4.78 is 2.28. The third-order valence-corrected chi connectivity index (χ3v) is 4.17. The summed E-state index contributed by atoms with van der Waals surface area (Å²) in [5.41, 5.74) is 0. The van der Waals surface area contributed by atoms with Crippen molar-refractivity contribution < 1.29 is 4.79 Å². The maximum Gasteiger partial charge on any atom is 0.225 e. The first-order valence-electron chi connectivity index (χ1n) is 5.47. The second-order valence-corrected chi connectivity index (χ2v) is 5.58. The van der Waals surface area contributed by atoms with Crippen molar-refractivity contribution in [2.45, 2.75) is 25.7 Å². The largest absolute Gasteiger partial charge is 0.342 e. The van der Waals surface area contributed by atoms with E-state index in [0.29, 0.717) is 11.8 Å². The third kappa shape index (κ3) is 2.39. The maximum absolute atomic E-state index is 12.0. The fourth-order valence-electron chi connectivity index (χ4n) is 2.29. The molecule has 0 aliphatic carbocycles. The summed E-state index contributed by atoms with van der Waals surface area (Å²) in [6, 6.07) is 0. The van der Waals surface area contributed by atoms with E-state index in [1.165, 1.54) is 12.8 Å². The number of rotatable bonds is 1. The van der Waals surface area contributed by atoms with Crippen molar-refractivity contribution in [3.05, 3.63) is 0 Å². The standard InChI is InChI=1S/C10H17IN2O/c11-13-7-3-9(4-8-13)10(14)12-5-1-2-6-12/h9H,1-8H2. The molecule has 14 heavy (non-hydrogen) atoms. The average molecular weight is 308 g/mol. The van der Waals surface area contributed by atoms with Gasteiger partial charge in [-0.1, -0.05) is 0 Å². The molecule has 3 nitrogen and oxygen atoms in total. The molecule has 0 bridgehead atoms. The summed E-state index contributed by atoms with van der Waals surface area (Å²) in [7, 11) is 0. The lowest BCUT2D eigenvalue weighted by Crippen LogP contribution is -2.38. The lowest BCUT2D eigenvalue weighted by atomic mass is 9.97. The van der Waals surface area contributed by atoms with Crippen molar-refractivity contribution >= 4 is 28.8 Å². The molecule has 80 valence electrons. The smallest absolute Gasteiger partial charge is 0.225 e. The van der Waals surface area contributed by atoms with Crippen LogP contribution in [-0.2, 0) is 4.79 Å². The number of piperidine rings is 1. The van der Waals surface area contributed by atoms with E-state index in [9.17, 15) is 4.79 Å². The third-order valence-electron chi connectivity index (χ3n) is 3.21. The number of hydrogen-bond acceptors (Lipinski definition) is 2. The van der Waals surface area contributed by atoms with Gasteiger partial charge in [0.15, 0.2) is 0 Å². The highest BCUT2D eigenvalue weighted by molar-refractivity contribution is 14.1. The van der Waals surface area contributed by atoms with Gasteiger partial charge < -0.3 is 4.90 Å². The summed E-state index contributed by atoms with van der Waals surface area (Å²) in [5.74, 6) is 0.742. The van der Waals surface area contributed by atoms with Gasteiger partial charge in [-0.3, -0.25) is 4.79 Å². The van der Waals surface area contributed by atoms with Crippen LogP contribution in [-0.4, -0.2) is 40.1 Å². The van der Waals surface area contributed by atoms with Crippen LogP contribution < -0.4 is 0 Å². The van der Waals surface area contributed by atoms with Crippen molar-refractivity contribution in [2.75, 3.05) is 26.2 Å². The van der Waals surface area contributed by atoms with E-state index in [2.05, 4.69) is 30.9 Å². The van der Waals surface area contributed by atoms with Gasteiger partial charge in [0, 0.05) is 55.0 Å². The summed E-state index contributed by atoms with van der Waals surface area (Å²) >= 11 is 2.35. The molecule has 0 N–H and O–H groups in total. The molecule has 0 aromatic rings. The molecule has 2 aliphatic rings. The van der Waals surface area contributed by atoms with E-state index in [4.69, 9.17) is 0 Å². The molecule has 2 rings (SSSR count). The van der Waals surface area contributed by atoms with Crippen molar-refractivity contribution in [3.8, 4) is 0 Å². The van der Waals surface area contributed by atoms with Gasteiger partial charge in [0.25, 0.3) is 0 Å². The molecular formula is C10H17IN2O. The Kier molecular flexibility index (Phi) is 3.65. The van der Waals surface area contributed by atoms with Gasteiger partial charge in [-0.2, -0.15) is 0 Å². The number of amides is 1. The van der Waals surface area contributed by atoms with Crippen LogP contribution >= 0.6 is 22.9 Å². The normalized spacial score (nSPS) is 25.6. The van der Waals surface area contributed by atoms with Gasteiger partial charge in [-0.05, 0) is 25.7 Å². The molecule has 2 heterocycles. The van der Waals surface area contributed by atoms with Crippen LogP contribution in [0, 0.1) is 5.92 Å². The van der Waals surface area contributed by atoms with E-state index in [1.54, 1.807) is 0 Å². The number of halogens is 1. The molecule has 2 aliphatic heterocycles. The Balaban J connectivity index is 1.85. The number of likely N-dealkylation sites (tertiary alicyclic amines) is 1. The van der Waals surface area contributed by atoms with E-state index < -0.39 is 0 Å². The van der Waals surface area contributed by atoms with E-state index in [-0.39, 0.29) is 0 Å². The quantitative estimate of drug-likeness (QED) is 0.543. The molecule has 0 radical (unpaired) electrons. The molecule has 0 atom stereocenters. The Morgan fingerprint density at radius 1 is 1.07 bits per heavy atom. The minimum absolute atomic E-state index is 0.319. The van der Waals surface area contributed by atoms with Gasteiger partial charge in [0.1, 0.15) is 0 Å². The van der Waals surface area contributed by atoms with Gasteiger partial charge in [-0.15, -0.1) is 0 Å². The maximum atomic E-state index is 12.0. The van der Waals surface area contributed by atoms with Gasteiger partial charge in [0.05, 0.1) is 0 Å². The van der Waals surface area contributed by atoms with Gasteiger partial charge in [-0.25, -0.2) is 3.11 Å². The Bertz CT molecular complexity index is 208. The molecule has 1 amide bonds. The summed E-state index contributed by atoms with van der Waals surface area (Å²) in [6.07, 6.45) is 4.52. The fourth-order valence-corrected chi connectivity index (χ4v) is 2.85. The second-order valence-electron chi connectivity index (χ2n) is 4.22. The number of carbonyl (C=O) groups excluding carboxylic acids is 1.